The van der Waals surface area contributed by atoms with Crippen molar-refractivity contribution in [3.63, 3.8) is 0 Å². The van der Waals surface area contributed by atoms with E-state index in [2.05, 4.69) is 44.9 Å². The molecule has 4 rings (SSSR count). The highest BCUT2D eigenvalue weighted by Gasteiger charge is 2.11. The van der Waals surface area contributed by atoms with Crippen molar-refractivity contribution < 1.29 is 0 Å². The molecule has 0 radical (unpaired) electrons. The predicted molar refractivity (Wildman–Crippen MR) is 115 cm³/mol. The van der Waals surface area contributed by atoms with Gasteiger partial charge in [-0.3, -0.25) is 29.9 Å². The molecule has 4 heterocycles. The molecule has 0 fully saturated rings. The second-order valence-corrected chi connectivity index (χ2v) is 8.47. The highest BCUT2D eigenvalue weighted by atomic mass is 32.2. The molecule has 30 heavy (non-hydrogen) atoms. The van der Waals surface area contributed by atoms with Gasteiger partial charge in [-0.1, -0.05) is 35.3 Å². The van der Waals surface area contributed by atoms with E-state index in [4.69, 9.17) is 0 Å². The van der Waals surface area contributed by atoms with Crippen molar-refractivity contribution in [2.75, 3.05) is 0 Å². The van der Waals surface area contributed by atoms with Gasteiger partial charge in [-0.2, -0.15) is 15.0 Å². The molecule has 0 amide bonds. The molecule has 0 N–H and O–H groups in total. The largest absolute Gasteiger partial charge is 0.261 e. The predicted octanol–water partition coefficient (Wildman–Crippen LogP) is 3.12. The van der Waals surface area contributed by atoms with E-state index in [1.165, 1.54) is 35.3 Å². The molecule has 0 atom stereocenters. The molecule has 0 bridgehead atoms. The summed E-state index contributed by atoms with van der Waals surface area (Å²) in [6.45, 7) is 0. The topological polar surface area (TPSA) is 116 Å². The molecule has 0 aliphatic rings. The molecule has 0 aromatic carbocycles. The monoisotopic (exact) mass is 453 g/mol. The van der Waals surface area contributed by atoms with Crippen LogP contribution < -0.4 is 0 Å². The Kier molecular flexibility index (Phi) is 7.47. The molecule has 12 heteroatoms. The van der Waals surface area contributed by atoms with Gasteiger partial charge >= 0.3 is 0 Å². The maximum atomic E-state index is 4.58. The number of thioether (sulfide) groups is 3. The lowest BCUT2D eigenvalue weighted by atomic mass is 10.5. The van der Waals surface area contributed by atoms with Crippen LogP contribution in [-0.4, -0.2) is 44.9 Å². The van der Waals surface area contributed by atoms with Crippen molar-refractivity contribution in [3.05, 3.63) is 72.9 Å². The summed E-state index contributed by atoms with van der Waals surface area (Å²) in [5.41, 5.74) is 2.60. The fraction of sp³-hybridized carbons (Fsp3) is 0.167. The van der Waals surface area contributed by atoms with Gasteiger partial charge in [-0.05, 0) is 0 Å². The Hall–Kier alpha value is -2.70. The highest BCUT2D eigenvalue weighted by Crippen LogP contribution is 2.27. The van der Waals surface area contributed by atoms with E-state index in [9.17, 15) is 0 Å². The molecule has 4 aromatic rings. The van der Waals surface area contributed by atoms with E-state index in [1.54, 1.807) is 55.8 Å². The summed E-state index contributed by atoms with van der Waals surface area (Å²) in [4.78, 5) is 38.9. The van der Waals surface area contributed by atoms with Crippen molar-refractivity contribution in [1.29, 1.82) is 0 Å². The first-order chi connectivity index (χ1) is 14.8. The average molecular weight is 454 g/mol. The Morgan fingerprint density at radius 3 is 1.07 bits per heavy atom. The fourth-order valence-electron chi connectivity index (χ4n) is 2.14. The Balaban J connectivity index is 1.48. The van der Waals surface area contributed by atoms with Crippen LogP contribution in [0.25, 0.3) is 0 Å². The van der Waals surface area contributed by atoms with Crippen molar-refractivity contribution in [2.24, 2.45) is 0 Å². The number of nitrogens with zero attached hydrogens (tertiary/aromatic N) is 9. The molecular weight excluding hydrogens is 438 g/mol. The van der Waals surface area contributed by atoms with E-state index in [0.717, 1.165) is 17.1 Å². The fourth-order valence-corrected chi connectivity index (χ4v) is 4.50. The minimum atomic E-state index is 0.625. The summed E-state index contributed by atoms with van der Waals surface area (Å²) >= 11 is 4.49. The SMILES string of the molecule is c1cnc(CSc2nc(SCc3cnccn3)nc(SCc3cnccn3)n2)cn1. The highest BCUT2D eigenvalue weighted by molar-refractivity contribution is 7.99. The van der Waals surface area contributed by atoms with Gasteiger partial charge in [0.15, 0.2) is 15.5 Å². The average Bonchev–Trinajstić information content (AvgIpc) is 2.82. The van der Waals surface area contributed by atoms with Crippen LogP contribution in [0.3, 0.4) is 0 Å². The molecule has 0 unspecified atom stereocenters. The van der Waals surface area contributed by atoms with Crippen LogP contribution in [0.15, 0.2) is 71.2 Å². The van der Waals surface area contributed by atoms with Gasteiger partial charge in [0.2, 0.25) is 0 Å². The molecule has 0 spiro atoms. The quantitative estimate of drug-likeness (QED) is 0.347. The second kappa shape index (κ2) is 10.9. The van der Waals surface area contributed by atoms with Crippen LogP contribution >= 0.6 is 35.3 Å². The molecule has 0 saturated carbocycles. The molecule has 150 valence electrons. The number of rotatable bonds is 9. The number of hydrogen-bond acceptors (Lipinski definition) is 12. The van der Waals surface area contributed by atoms with Gasteiger partial charge in [-0.25, -0.2) is 0 Å². The smallest absolute Gasteiger partial charge is 0.192 e. The summed E-state index contributed by atoms with van der Waals surface area (Å²) in [6.07, 6.45) is 15.2. The van der Waals surface area contributed by atoms with Crippen LogP contribution in [0.1, 0.15) is 17.1 Å². The Bertz CT molecular complexity index is 907. The first-order valence-electron chi connectivity index (χ1n) is 8.74. The van der Waals surface area contributed by atoms with Crippen LogP contribution in [0.2, 0.25) is 0 Å². The zero-order valence-corrected chi connectivity index (χ0v) is 18.0. The summed E-state index contributed by atoms with van der Waals surface area (Å²) in [7, 11) is 0. The molecular formula is C18H15N9S3. The van der Waals surface area contributed by atoms with Crippen molar-refractivity contribution in [2.45, 2.75) is 32.7 Å². The first kappa shape index (κ1) is 20.6. The van der Waals surface area contributed by atoms with E-state index >= 15 is 0 Å². The van der Waals surface area contributed by atoms with E-state index in [0.29, 0.717) is 32.7 Å². The lowest BCUT2D eigenvalue weighted by Gasteiger charge is -2.06. The standard InChI is InChI=1S/C18H15N9S3/c1-4-22-13(7-19-1)10-28-16-25-17(29-11-14-8-20-2-5-23-14)27-18(26-16)30-12-15-9-21-3-6-24-15/h1-9H,10-12H2. The summed E-state index contributed by atoms with van der Waals surface area (Å²) in [5, 5.41) is 1.91. The van der Waals surface area contributed by atoms with Crippen LogP contribution in [0.5, 0.6) is 0 Å². The molecule has 4 aromatic heterocycles. The van der Waals surface area contributed by atoms with Gasteiger partial charge in [0, 0.05) is 73.0 Å². The number of hydrogen-bond donors (Lipinski definition) is 0. The summed E-state index contributed by atoms with van der Waals surface area (Å²) in [6, 6.07) is 0. The van der Waals surface area contributed by atoms with E-state index < -0.39 is 0 Å². The van der Waals surface area contributed by atoms with Crippen molar-refractivity contribution in [1.82, 2.24) is 44.9 Å². The van der Waals surface area contributed by atoms with Gasteiger partial charge in [0.1, 0.15) is 0 Å². The third kappa shape index (κ3) is 6.40. The van der Waals surface area contributed by atoms with Gasteiger partial charge in [-0.15, -0.1) is 0 Å². The molecule has 0 aliphatic heterocycles. The summed E-state index contributed by atoms with van der Waals surface area (Å²) < 4.78 is 0. The van der Waals surface area contributed by atoms with Gasteiger partial charge in [0.25, 0.3) is 0 Å². The van der Waals surface area contributed by atoms with E-state index in [1.807, 2.05) is 0 Å². The van der Waals surface area contributed by atoms with Crippen LogP contribution in [-0.2, 0) is 17.3 Å². The zero-order chi connectivity index (χ0) is 20.4. The summed E-state index contributed by atoms with van der Waals surface area (Å²) in [5.74, 6) is 1.88. The Labute approximate surface area is 185 Å². The maximum absolute atomic E-state index is 4.58. The first-order valence-corrected chi connectivity index (χ1v) is 11.7. The van der Waals surface area contributed by atoms with Crippen molar-refractivity contribution in [3.8, 4) is 0 Å². The van der Waals surface area contributed by atoms with Gasteiger partial charge < -0.3 is 0 Å². The maximum Gasteiger partial charge on any atom is 0.192 e. The minimum Gasteiger partial charge on any atom is -0.261 e. The minimum absolute atomic E-state index is 0.625. The Morgan fingerprint density at radius 2 is 0.800 bits per heavy atom. The van der Waals surface area contributed by atoms with Crippen molar-refractivity contribution >= 4 is 35.3 Å². The zero-order valence-electron chi connectivity index (χ0n) is 15.6. The van der Waals surface area contributed by atoms with Gasteiger partial charge in [0.05, 0.1) is 17.1 Å². The normalized spacial score (nSPS) is 10.8. The number of aromatic nitrogens is 9. The molecule has 9 nitrogen and oxygen atoms in total. The van der Waals surface area contributed by atoms with E-state index in [-0.39, 0.29) is 0 Å². The lowest BCUT2D eigenvalue weighted by molar-refractivity contribution is 0.716. The lowest BCUT2D eigenvalue weighted by Crippen LogP contribution is -1.99. The van der Waals surface area contributed by atoms with Crippen LogP contribution in [0.4, 0.5) is 0 Å². The molecule has 0 saturated heterocycles. The van der Waals surface area contributed by atoms with Crippen LogP contribution in [0, 0.1) is 0 Å². The molecule has 0 aliphatic carbocycles. The third-order valence-electron chi connectivity index (χ3n) is 3.47. The Morgan fingerprint density at radius 1 is 0.467 bits per heavy atom. The second-order valence-electron chi connectivity index (χ2n) is 5.64. The third-order valence-corrected chi connectivity index (χ3v) is 6.11.